The summed E-state index contributed by atoms with van der Waals surface area (Å²) in [6.07, 6.45) is 12.6. The van der Waals surface area contributed by atoms with Gasteiger partial charge in [0.1, 0.15) is 11.6 Å². The van der Waals surface area contributed by atoms with E-state index in [1.54, 1.807) is 12.1 Å². The molecule has 3 aromatic carbocycles. The van der Waals surface area contributed by atoms with E-state index in [1.165, 1.54) is 56.1 Å². The SMILES string of the molecule is CCCc1ccc(CC[C@H]2CC[C@H](CCc3cc(F)c(CCc4ccc(Cl)cc4)c(F)c3)CC2)cc1. The van der Waals surface area contributed by atoms with Gasteiger partial charge in [-0.15, -0.1) is 0 Å². The molecule has 1 saturated carbocycles. The number of aryl methyl sites for hydroxylation is 4. The Balaban J connectivity index is 1.19. The summed E-state index contributed by atoms with van der Waals surface area (Å²) in [4.78, 5) is 0. The molecule has 0 aromatic heterocycles. The van der Waals surface area contributed by atoms with Gasteiger partial charge in [0.2, 0.25) is 0 Å². The smallest absolute Gasteiger partial charge is 0.129 e. The summed E-state index contributed by atoms with van der Waals surface area (Å²) in [5.41, 5.74) is 4.90. The minimum atomic E-state index is -0.412. The number of benzene rings is 3. The summed E-state index contributed by atoms with van der Waals surface area (Å²) < 4.78 is 29.4. The minimum absolute atomic E-state index is 0.189. The first kappa shape index (κ1) is 26.9. The quantitative estimate of drug-likeness (QED) is 0.242. The van der Waals surface area contributed by atoms with Gasteiger partial charge < -0.3 is 0 Å². The fourth-order valence-corrected chi connectivity index (χ4v) is 5.80. The van der Waals surface area contributed by atoms with Crippen LogP contribution in [0.15, 0.2) is 60.7 Å². The molecule has 0 N–H and O–H groups in total. The highest BCUT2D eigenvalue weighted by atomic mass is 35.5. The van der Waals surface area contributed by atoms with Crippen molar-refractivity contribution in [1.82, 2.24) is 0 Å². The molecule has 192 valence electrons. The monoisotopic (exact) mass is 508 g/mol. The maximum atomic E-state index is 14.7. The maximum Gasteiger partial charge on any atom is 0.129 e. The van der Waals surface area contributed by atoms with Gasteiger partial charge in [0, 0.05) is 10.6 Å². The highest BCUT2D eigenvalue weighted by Gasteiger charge is 2.21. The van der Waals surface area contributed by atoms with Crippen LogP contribution in [-0.4, -0.2) is 0 Å². The second-order valence-corrected chi connectivity index (χ2v) is 11.1. The molecule has 0 bridgehead atoms. The molecular weight excluding hydrogens is 470 g/mol. The fourth-order valence-electron chi connectivity index (χ4n) is 5.67. The van der Waals surface area contributed by atoms with E-state index in [1.807, 2.05) is 24.3 Å². The van der Waals surface area contributed by atoms with Gasteiger partial charge in [-0.25, -0.2) is 8.78 Å². The van der Waals surface area contributed by atoms with E-state index in [0.717, 1.165) is 36.3 Å². The lowest BCUT2D eigenvalue weighted by atomic mass is 9.77. The Morgan fingerprint density at radius 2 is 1.06 bits per heavy atom. The maximum absolute atomic E-state index is 14.7. The third kappa shape index (κ3) is 7.90. The van der Waals surface area contributed by atoms with Crippen LogP contribution >= 0.6 is 11.6 Å². The Morgan fingerprint density at radius 3 is 1.58 bits per heavy atom. The van der Waals surface area contributed by atoms with Crippen molar-refractivity contribution >= 4 is 11.6 Å². The summed E-state index contributed by atoms with van der Waals surface area (Å²) in [6.45, 7) is 2.22. The van der Waals surface area contributed by atoms with E-state index in [4.69, 9.17) is 11.6 Å². The normalized spacial score (nSPS) is 17.9. The molecule has 0 unspecified atom stereocenters. The first-order chi connectivity index (χ1) is 17.5. The van der Waals surface area contributed by atoms with Gasteiger partial charge in [0.15, 0.2) is 0 Å². The largest absolute Gasteiger partial charge is 0.207 e. The minimum Gasteiger partial charge on any atom is -0.207 e. The lowest BCUT2D eigenvalue weighted by Crippen LogP contribution is -2.16. The standard InChI is InChI=1S/C33H39ClF2/c1-2-3-24-4-6-25(7-5-24)8-9-26-10-12-27(13-11-26)14-15-29-22-32(35)31(33(36)23-29)21-18-28-16-19-30(34)20-17-28/h4-7,16-17,19-20,22-23,26-27H,2-3,8-15,18,21H2,1H3/t26-,27-. The van der Waals surface area contributed by atoms with Crippen LogP contribution in [0.2, 0.25) is 5.02 Å². The van der Waals surface area contributed by atoms with Crippen molar-refractivity contribution in [3.8, 4) is 0 Å². The molecule has 0 spiro atoms. The molecule has 1 aliphatic rings. The predicted molar refractivity (Wildman–Crippen MR) is 148 cm³/mol. The summed E-state index contributed by atoms with van der Waals surface area (Å²) in [5.74, 6) is 0.660. The van der Waals surface area contributed by atoms with Gasteiger partial charge in [0.05, 0.1) is 0 Å². The molecule has 4 rings (SSSR count). The number of halogens is 3. The van der Waals surface area contributed by atoms with E-state index in [0.29, 0.717) is 23.8 Å². The molecule has 36 heavy (non-hydrogen) atoms. The molecule has 0 radical (unpaired) electrons. The van der Waals surface area contributed by atoms with Crippen LogP contribution in [0, 0.1) is 23.5 Å². The van der Waals surface area contributed by atoms with Crippen LogP contribution in [0.4, 0.5) is 8.78 Å². The second-order valence-electron chi connectivity index (χ2n) is 10.7. The van der Waals surface area contributed by atoms with Crippen LogP contribution in [0.3, 0.4) is 0 Å². The van der Waals surface area contributed by atoms with Gasteiger partial charge in [0.25, 0.3) is 0 Å². The molecule has 1 aliphatic carbocycles. The van der Waals surface area contributed by atoms with E-state index in [9.17, 15) is 8.78 Å². The van der Waals surface area contributed by atoms with Crippen molar-refractivity contribution in [1.29, 1.82) is 0 Å². The van der Waals surface area contributed by atoms with Crippen LogP contribution in [-0.2, 0) is 32.1 Å². The lowest BCUT2D eigenvalue weighted by molar-refractivity contribution is 0.253. The van der Waals surface area contributed by atoms with Crippen molar-refractivity contribution < 1.29 is 8.78 Å². The third-order valence-corrected chi connectivity index (χ3v) is 8.24. The summed E-state index contributed by atoms with van der Waals surface area (Å²) in [6, 6.07) is 19.7. The molecule has 0 amide bonds. The molecule has 0 aliphatic heterocycles. The molecule has 0 heterocycles. The van der Waals surface area contributed by atoms with Gasteiger partial charge in [-0.2, -0.15) is 0 Å². The summed E-state index contributed by atoms with van der Waals surface area (Å²) in [7, 11) is 0. The summed E-state index contributed by atoms with van der Waals surface area (Å²) in [5, 5.41) is 0.668. The van der Waals surface area contributed by atoms with Crippen molar-refractivity contribution in [2.75, 3.05) is 0 Å². The van der Waals surface area contributed by atoms with Crippen LogP contribution in [0.25, 0.3) is 0 Å². The van der Waals surface area contributed by atoms with E-state index in [2.05, 4.69) is 31.2 Å². The molecular formula is C33H39ClF2. The predicted octanol–water partition coefficient (Wildman–Crippen LogP) is 9.73. The zero-order valence-corrected chi connectivity index (χ0v) is 22.3. The Hall–Kier alpha value is -2.19. The Kier molecular flexibility index (Phi) is 9.98. The zero-order chi connectivity index (χ0) is 25.3. The fraction of sp³-hybridized carbons (Fsp3) is 0.455. The van der Waals surface area contributed by atoms with Gasteiger partial charge in [-0.05, 0) is 103 Å². The third-order valence-electron chi connectivity index (χ3n) is 7.99. The topological polar surface area (TPSA) is 0 Å². The van der Waals surface area contributed by atoms with Crippen molar-refractivity contribution in [2.45, 2.75) is 84.0 Å². The zero-order valence-electron chi connectivity index (χ0n) is 21.5. The van der Waals surface area contributed by atoms with E-state index in [-0.39, 0.29) is 5.56 Å². The summed E-state index contributed by atoms with van der Waals surface area (Å²) >= 11 is 5.92. The molecule has 3 aromatic rings. The van der Waals surface area contributed by atoms with Crippen LogP contribution in [0.1, 0.15) is 79.7 Å². The highest BCUT2D eigenvalue weighted by Crippen LogP contribution is 2.34. The molecule has 1 fully saturated rings. The second kappa shape index (κ2) is 13.4. The average molecular weight is 509 g/mol. The molecule has 3 heteroatoms. The van der Waals surface area contributed by atoms with Crippen molar-refractivity contribution in [2.24, 2.45) is 11.8 Å². The van der Waals surface area contributed by atoms with E-state index >= 15 is 0 Å². The van der Waals surface area contributed by atoms with Gasteiger partial charge in [-0.1, -0.05) is 87.0 Å². The van der Waals surface area contributed by atoms with Crippen molar-refractivity contribution in [3.63, 3.8) is 0 Å². The Labute approximate surface area is 221 Å². The number of rotatable bonds is 11. The van der Waals surface area contributed by atoms with Crippen LogP contribution in [0.5, 0.6) is 0 Å². The van der Waals surface area contributed by atoms with Gasteiger partial charge >= 0.3 is 0 Å². The number of hydrogen-bond acceptors (Lipinski definition) is 0. The van der Waals surface area contributed by atoms with Crippen molar-refractivity contribution in [3.05, 3.63) is 105 Å². The number of hydrogen-bond donors (Lipinski definition) is 0. The highest BCUT2D eigenvalue weighted by molar-refractivity contribution is 6.30. The molecule has 0 atom stereocenters. The van der Waals surface area contributed by atoms with E-state index < -0.39 is 11.6 Å². The van der Waals surface area contributed by atoms with Gasteiger partial charge in [-0.3, -0.25) is 0 Å². The van der Waals surface area contributed by atoms with Crippen LogP contribution < -0.4 is 0 Å². The lowest BCUT2D eigenvalue weighted by Gasteiger charge is -2.28. The molecule has 0 nitrogen and oxygen atoms in total. The molecule has 0 saturated heterocycles. The first-order valence-corrected chi connectivity index (χ1v) is 14.2. The Bertz CT molecular complexity index is 1060. The average Bonchev–Trinajstić information content (AvgIpc) is 2.88. The first-order valence-electron chi connectivity index (χ1n) is 13.8. The Morgan fingerprint density at radius 1 is 0.611 bits per heavy atom.